The first-order valence-corrected chi connectivity index (χ1v) is 10.6. The van der Waals surface area contributed by atoms with E-state index in [0.717, 1.165) is 24.8 Å². The molecule has 0 aromatic heterocycles. The van der Waals surface area contributed by atoms with Crippen LogP contribution in [0.2, 0.25) is 0 Å². The van der Waals surface area contributed by atoms with Gasteiger partial charge in [-0.2, -0.15) is 0 Å². The van der Waals surface area contributed by atoms with Crippen molar-refractivity contribution in [2.45, 2.75) is 37.5 Å². The Hall–Kier alpha value is -2.60. The Morgan fingerprint density at radius 3 is 2.56 bits per heavy atom. The molecule has 0 spiro atoms. The number of allylic oxidation sites excluding steroid dienone is 1. The van der Waals surface area contributed by atoms with Crippen molar-refractivity contribution in [3.05, 3.63) is 71.3 Å². The maximum absolute atomic E-state index is 12.5. The highest BCUT2D eigenvalue weighted by Gasteiger charge is 2.16. The lowest BCUT2D eigenvalue weighted by Crippen LogP contribution is -2.26. The van der Waals surface area contributed by atoms with Crippen LogP contribution in [0.1, 0.15) is 41.6 Å². The van der Waals surface area contributed by atoms with Crippen LogP contribution in [0.5, 0.6) is 0 Å². The SMILES string of the molecule is Cc1ccc(C(=O)NCC2=CCCCC2)cc1NS(=O)(=O)c1ccccc1. The number of aryl methyl sites for hydroxylation is 1. The highest BCUT2D eigenvalue weighted by Crippen LogP contribution is 2.22. The van der Waals surface area contributed by atoms with Crippen LogP contribution in [0.25, 0.3) is 0 Å². The number of carbonyl (C=O) groups excluding carboxylic acids is 1. The quantitative estimate of drug-likeness (QED) is 0.739. The maximum Gasteiger partial charge on any atom is 0.261 e. The molecule has 2 aromatic rings. The molecule has 0 unspecified atom stereocenters. The van der Waals surface area contributed by atoms with Crippen LogP contribution >= 0.6 is 0 Å². The first kappa shape index (κ1) is 19.2. The van der Waals surface area contributed by atoms with Crippen LogP contribution in [-0.2, 0) is 10.0 Å². The molecule has 2 N–H and O–H groups in total. The summed E-state index contributed by atoms with van der Waals surface area (Å²) in [5.74, 6) is -0.207. The number of sulfonamides is 1. The molecule has 1 aliphatic rings. The second-order valence-electron chi connectivity index (χ2n) is 6.74. The summed E-state index contributed by atoms with van der Waals surface area (Å²) in [5, 5.41) is 2.93. The van der Waals surface area contributed by atoms with Crippen molar-refractivity contribution in [3.8, 4) is 0 Å². The minimum Gasteiger partial charge on any atom is -0.348 e. The standard InChI is InChI=1S/C21H24N2O3S/c1-16-12-13-18(21(24)22-15-17-8-4-2-5-9-17)14-20(16)23-27(25,26)19-10-6-3-7-11-19/h3,6-8,10-14,23H,2,4-5,9,15H2,1H3,(H,22,24). The number of nitrogens with one attached hydrogen (secondary N) is 2. The number of amides is 1. The fraction of sp³-hybridized carbons (Fsp3) is 0.286. The molecule has 3 rings (SSSR count). The number of carbonyl (C=O) groups is 1. The third kappa shape index (κ3) is 4.98. The van der Waals surface area contributed by atoms with Crippen molar-refractivity contribution >= 4 is 21.6 Å². The molecule has 2 aromatic carbocycles. The van der Waals surface area contributed by atoms with Crippen molar-refractivity contribution < 1.29 is 13.2 Å². The third-order valence-electron chi connectivity index (χ3n) is 4.66. The molecule has 1 aliphatic carbocycles. The molecule has 0 aliphatic heterocycles. The average Bonchev–Trinajstić information content (AvgIpc) is 2.69. The Bertz CT molecular complexity index is 951. The van der Waals surface area contributed by atoms with Crippen LogP contribution in [0.4, 0.5) is 5.69 Å². The summed E-state index contributed by atoms with van der Waals surface area (Å²) in [5.41, 5.74) is 2.85. The fourth-order valence-electron chi connectivity index (χ4n) is 3.04. The molecule has 0 radical (unpaired) electrons. The van der Waals surface area contributed by atoms with E-state index in [1.165, 1.54) is 24.1 Å². The summed E-state index contributed by atoms with van der Waals surface area (Å²) >= 11 is 0. The van der Waals surface area contributed by atoms with Gasteiger partial charge in [0, 0.05) is 12.1 Å². The molecular formula is C21H24N2O3S. The van der Waals surface area contributed by atoms with Crippen LogP contribution < -0.4 is 10.0 Å². The van der Waals surface area contributed by atoms with E-state index in [4.69, 9.17) is 0 Å². The monoisotopic (exact) mass is 384 g/mol. The van der Waals surface area contributed by atoms with Gasteiger partial charge >= 0.3 is 0 Å². The van der Waals surface area contributed by atoms with Gasteiger partial charge in [0.1, 0.15) is 0 Å². The summed E-state index contributed by atoms with van der Waals surface area (Å²) in [6, 6.07) is 13.2. The largest absolute Gasteiger partial charge is 0.348 e. The van der Waals surface area contributed by atoms with E-state index >= 15 is 0 Å². The van der Waals surface area contributed by atoms with Gasteiger partial charge in [0.05, 0.1) is 10.6 Å². The van der Waals surface area contributed by atoms with Gasteiger partial charge in [0.25, 0.3) is 15.9 Å². The summed E-state index contributed by atoms with van der Waals surface area (Å²) < 4.78 is 27.7. The molecule has 0 fully saturated rings. The Kier molecular flexibility index (Phi) is 5.96. The molecule has 6 heteroatoms. The van der Waals surface area contributed by atoms with Crippen LogP contribution in [0, 0.1) is 6.92 Å². The number of anilines is 1. The number of rotatable bonds is 6. The van der Waals surface area contributed by atoms with E-state index in [-0.39, 0.29) is 10.8 Å². The van der Waals surface area contributed by atoms with Gasteiger partial charge in [-0.3, -0.25) is 9.52 Å². The van der Waals surface area contributed by atoms with E-state index < -0.39 is 10.0 Å². The summed E-state index contributed by atoms with van der Waals surface area (Å²) in [6.45, 7) is 2.34. The van der Waals surface area contributed by atoms with Gasteiger partial charge in [-0.1, -0.05) is 35.9 Å². The maximum atomic E-state index is 12.5. The summed E-state index contributed by atoms with van der Waals surface area (Å²) in [4.78, 5) is 12.7. The van der Waals surface area contributed by atoms with Crippen molar-refractivity contribution in [3.63, 3.8) is 0 Å². The molecule has 0 saturated carbocycles. The Labute approximate surface area is 160 Å². The summed E-state index contributed by atoms with van der Waals surface area (Å²) in [6.07, 6.45) is 6.66. The van der Waals surface area contributed by atoms with Crippen molar-refractivity contribution in [2.24, 2.45) is 0 Å². The Morgan fingerprint density at radius 2 is 1.85 bits per heavy atom. The minimum absolute atomic E-state index is 0.184. The lowest BCUT2D eigenvalue weighted by molar-refractivity contribution is 0.0956. The Balaban J connectivity index is 1.74. The topological polar surface area (TPSA) is 75.3 Å². The normalized spacial score (nSPS) is 14.3. The molecule has 0 heterocycles. The zero-order chi connectivity index (χ0) is 19.3. The minimum atomic E-state index is -3.70. The van der Waals surface area contributed by atoms with Gasteiger partial charge in [-0.05, 0) is 62.4 Å². The average molecular weight is 385 g/mol. The van der Waals surface area contributed by atoms with Crippen molar-refractivity contribution in [1.82, 2.24) is 5.32 Å². The summed E-state index contributed by atoms with van der Waals surface area (Å²) in [7, 11) is -3.70. The van der Waals surface area contributed by atoms with E-state index in [1.807, 2.05) is 0 Å². The third-order valence-corrected chi connectivity index (χ3v) is 6.04. The molecule has 0 saturated heterocycles. The molecular weight excluding hydrogens is 360 g/mol. The van der Waals surface area contributed by atoms with Crippen LogP contribution in [0.3, 0.4) is 0 Å². The van der Waals surface area contributed by atoms with Crippen molar-refractivity contribution in [1.29, 1.82) is 0 Å². The molecule has 1 amide bonds. The highest BCUT2D eigenvalue weighted by atomic mass is 32.2. The zero-order valence-corrected chi connectivity index (χ0v) is 16.2. The molecule has 5 nitrogen and oxygen atoms in total. The lowest BCUT2D eigenvalue weighted by atomic mass is 9.99. The Morgan fingerprint density at radius 1 is 1.07 bits per heavy atom. The van der Waals surface area contributed by atoms with E-state index in [1.54, 1.807) is 43.3 Å². The fourth-order valence-corrected chi connectivity index (χ4v) is 4.18. The van der Waals surface area contributed by atoms with E-state index in [9.17, 15) is 13.2 Å². The highest BCUT2D eigenvalue weighted by molar-refractivity contribution is 7.92. The second-order valence-corrected chi connectivity index (χ2v) is 8.42. The van der Waals surface area contributed by atoms with Gasteiger partial charge in [-0.15, -0.1) is 0 Å². The van der Waals surface area contributed by atoms with Gasteiger partial charge in [0.2, 0.25) is 0 Å². The van der Waals surface area contributed by atoms with E-state index in [2.05, 4.69) is 16.1 Å². The molecule has 0 bridgehead atoms. The first-order valence-electron chi connectivity index (χ1n) is 9.10. The smallest absolute Gasteiger partial charge is 0.261 e. The predicted octanol–water partition coefficient (Wildman–Crippen LogP) is 4.03. The zero-order valence-electron chi connectivity index (χ0n) is 15.4. The second kappa shape index (κ2) is 8.39. The molecule has 142 valence electrons. The van der Waals surface area contributed by atoms with Crippen LogP contribution in [-0.4, -0.2) is 20.9 Å². The number of hydrogen-bond donors (Lipinski definition) is 2. The van der Waals surface area contributed by atoms with Crippen molar-refractivity contribution in [2.75, 3.05) is 11.3 Å². The molecule has 0 atom stereocenters. The first-order chi connectivity index (χ1) is 13.0. The lowest BCUT2D eigenvalue weighted by Gasteiger charge is -2.15. The van der Waals surface area contributed by atoms with Crippen LogP contribution in [0.15, 0.2) is 65.1 Å². The number of hydrogen-bond acceptors (Lipinski definition) is 3. The van der Waals surface area contributed by atoms with Gasteiger partial charge < -0.3 is 5.32 Å². The number of benzene rings is 2. The van der Waals surface area contributed by atoms with Gasteiger partial charge in [-0.25, -0.2) is 8.42 Å². The van der Waals surface area contributed by atoms with Gasteiger partial charge in [0.15, 0.2) is 0 Å². The molecule has 27 heavy (non-hydrogen) atoms. The van der Waals surface area contributed by atoms with E-state index in [0.29, 0.717) is 17.8 Å². The predicted molar refractivity (Wildman–Crippen MR) is 107 cm³/mol.